The maximum Gasteiger partial charge on any atom is 0 e. The summed E-state index contributed by atoms with van der Waals surface area (Å²) in [7, 11) is 0. The van der Waals surface area contributed by atoms with Crippen LogP contribution in [0.3, 0.4) is 0 Å². The summed E-state index contributed by atoms with van der Waals surface area (Å²) in [5.74, 6) is 0.623. The van der Waals surface area contributed by atoms with Gasteiger partial charge in [0.1, 0.15) is 0 Å². The summed E-state index contributed by atoms with van der Waals surface area (Å²) >= 11 is 0. The molecule has 0 amide bonds. The summed E-state index contributed by atoms with van der Waals surface area (Å²) in [6.45, 7) is 4.57. The van der Waals surface area contributed by atoms with E-state index in [9.17, 15) is 0 Å². The minimum Gasteiger partial charge on any atom is -0.268 e. The van der Waals surface area contributed by atoms with Crippen molar-refractivity contribution in [2.45, 2.75) is 39.5 Å². The topological polar surface area (TPSA) is 0 Å². The number of allylic oxidation sites excluding steroid dienone is 2. The van der Waals surface area contributed by atoms with E-state index in [0.29, 0.717) is 5.92 Å². The van der Waals surface area contributed by atoms with Crippen LogP contribution in [0.4, 0.5) is 0 Å². The van der Waals surface area contributed by atoms with E-state index in [0.717, 1.165) is 6.42 Å². The van der Waals surface area contributed by atoms with Crippen molar-refractivity contribution in [1.29, 1.82) is 0 Å². The molecule has 0 nitrogen and oxygen atoms in total. The van der Waals surface area contributed by atoms with E-state index in [1.807, 2.05) is 0 Å². The van der Waals surface area contributed by atoms with Gasteiger partial charge >= 0.3 is 0 Å². The van der Waals surface area contributed by atoms with Crippen LogP contribution in [0.2, 0.25) is 0 Å². The first kappa shape index (κ1) is 12.3. The molecule has 3 rings (SSSR count). The Bertz CT molecular complexity index is 441. The van der Waals surface area contributed by atoms with Gasteiger partial charge < -0.3 is 0 Å². The Morgan fingerprint density at radius 2 is 1.88 bits per heavy atom. The van der Waals surface area contributed by atoms with Crippen LogP contribution in [0.25, 0.3) is 5.57 Å². The molecular formula is C15H17Hf-. The molecule has 0 aliphatic heterocycles. The molecule has 0 unspecified atom stereocenters. The fourth-order valence-corrected chi connectivity index (χ4v) is 2.97. The first-order chi connectivity index (χ1) is 7.27. The standard InChI is InChI=1S/C15H17.Hf/c1-10(2)13-9-8-12-7-6-11-4-3-5-14(11)15(12)13;/h6-7,10H,3-5,8H2,1-2H3;/q-1;. The van der Waals surface area contributed by atoms with Crippen molar-refractivity contribution in [3.8, 4) is 0 Å². The fraction of sp³-hybridized carbons (Fsp3) is 0.467. The van der Waals surface area contributed by atoms with Crippen molar-refractivity contribution in [2.24, 2.45) is 5.92 Å². The molecule has 0 aromatic heterocycles. The largest absolute Gasteiger partial charge is 0.268 e. The molecule has 2 aliphatic rings. The van der Waals surface area contributed by atoms with Gasteiger partial charge in [-0.25, -0.2) is 5.57 Å². The van der Waals surface area contributed by atoms with Crippen LogP contribution >= 0.6 is 0 Å². The SMILES string of the molecule is CC(C)C1=[C-]Cc2ccc3c(c21)CCC3.[Hf]. The second-order valence-corrected chi connectivity index (χ2v) is 5.01. The van der Waals surface area contributed by atoms with E-state index >= 15 is 0 Å². The fourth-order valence-electron chi connectivity index (χ4n) is 2.97. The Hall–Kier alpha value is -0.170. The second-order valence-electron chi connectivity index (χ2n) is 5.01. The van der Waals surface area contributed by atoms with Crippen LogP contribution < -0.4 is 0 Å². The summed E-state index contributed by atoms with van der Waals surface area (Å²) < 4.78 is 0. The molecule has 0 atom stereocenters. The summed E-state index contributed by atoms with van der Waals surface area (Å²) in [4.78, 5) is 0. The van der Waals surface area contributed by atoms with Crippen LogP contribution in [0.1, 0.15) is 42.5 Å². The van der Waals surface area contributed by atoms with Gasteiger partial charge in [-0.2, -0.15) is 5.56 Å². The summed E-state index contributed by atoms with van der Waals surface area (Å²) in [5.41, 5.74) is 7.79. The molecular weight excluding hydrogens is 359 g/mol. The van der Waals surface area contributed by atoms with Gasteiger partial charge in [-0.15, -0.1) is 17.5 Å². The minimum absolute atomic E-state index is 0. The molecule has 0 fully saturated rings. The van der Waals surface area contributed by atoms with Crippen LogP contribution in [-0.2, 0) is 45.1 Å². The predicted octanol–water partition coefficient (Wildman–Crippen LogP) is 3.57. The number of rotatable bonds is 1. The molecule has 1 heteroatoms. The molecule has 82 valence electrons. The maximum absolute atomic E-state index is 3.57. The molecule has 1 aromatic carbocycles. The van der Waals surface area contributed by atoms with Crippen molar-refractivity contribution in [1.82, 2.24) is 0 Å². The van der Waals surface area contributed by atoms with Gasteiger partial charge in [-0.3, -0.25) is 6.08 Å². The van der Waals surface area contributed by atoms with Gasteiger partial charge in [0.15, 0.2) is 0 Å². The summed E-state index contributed by atoms with van der Waals surface area (Å²) in [6, 6.07) is 4.66. The van der Waals surface area contributed by atoms with Crippen LogP contribution in [0.15, 0.2) is 12.1 Å². The van der Waals surface area contributed by atoms with Crippen molar-refractivity contribution in [2.75, 3.05) is 0 Å². The zero-order valence-electron chi connectivity index (χ0n) is 10.1. The Labute approximate surface area is 117 Å². The third kappa shape index (κ3) is 1.77. The average Bonchev–Trinajstić information content (AvgIpc) is 2.82. The van der Waals surface area contributed by atoms with Gasteiger partial charge in [0.2, 0.25) is 0 Å². The van der Waals surface area contributed by atoms with Crippen LogP contribution in [0.5, 0.6) is 0 Å². The molecule has 0 saturated heterocycles. The van der Waals surface area contributed by atoms with Crippen LogP contribution in [-0.4, -0.2) is 0 Å². The molecule has 1 aromatic rings. The van der Waals surface area contributed by atoms with Gasteiger partial charge in [-0.05, 0) is 19.3 Å². The van der Waals surface area contributed by atoms with E-state index in [2.05, 4.69) is 32.1 Å². The average molecular weight is 376 g/mol. The molecule has 16 heavy (non-hydrogen) atoms. The van der Waals surface area contributed by atoms with E-state index in [-0.39, 0.29) is 25.8 Å². The van der Waals surface area contributed by atoms with Crippen molar-refractivity contribution in [3.05, 3.63) is 40.5 Å². The van der Waals surface area contributed by atoms with Gasteiger partial charge in [-0.1, -0.05) is 37.5 Å². The van der Waals surface area contributed by atoms with Crippen molar-refractivity contribution < 1.29 is 25.8 Å². The molecule has 2 aliphatic carbocycles. The normalized spacial score (nSPS) is 16.8. The Morgan fingerprint density at radius 3 is 2.62 bits per heavy atom. The molecule has 0 bridgehead atoms. The second kappa shape index (κ2) is 4.60. The van der Waals surface area contributed by atoms with Gasteiger partial charge in [0, 0.05) is 25.8 Å². The molecule has 0 N–H and O–H groups in total. The number of aryl methyl sites for hydroxylation is 1. The number of hydrogen-bond donors (Lipinski definition) is 0. The monoisotopic (exact) mass is 377 g/mol. The first-order valence-electron chi connectivity index (χ1n) is 6.02. The maximum atomic E-state index is 3.57. The summed E-state index contributed by atoms with van der Waals surface area (Å²) in [6.07, 6.45) is 8.52. The quantitative estimate of drug-likeness (QED) is 0.520. The first-order valence-corrected chi connectivity index (χ1v) is 6.02. The summed E-state index contributed by atoms with van der Waals surface area (Å²) in [5, 5.41) is 0. The van der Waals surface area contributed by atoms with Crippen molar-refractivity contribution in [3.63, 3.8) is 0 Å². The third-order valence-electron chi connectivity index (χ3n) is 3.69. The smallest absolute Gasteiger partial charge is 0 e. The molecule has 0 saturated carbocycles. The van der Waals surface area contributed by atoms with E-state index in [4.69, 9.17) is 0 Å². The third-order valence-corrected chi connectivity index (χ3v) is 3.69. The molecule has 0 heterocycles. The van der Waals surface area contributed by atoms with Gasteiger partial charge in [0.25, 0.3) is 0 Å². The van der Waals surface area contributed by atoms with E-state index in [1.54, 1.807) is 16.7 Å². The Kier molecular flexibility index (Phi) is 3.53. The van der Waals surface area contributed by atoms with E-state index in [1.165, 1.54) is 30.4 Å². The number of benzene rings is 1. The van der Waals surface area contributed by atoms with Gasteiger partial charge in [0.05, 0.1) is 0 Å². The number of fused-ring (bicyclic) bond motifs is 3. The minimum atomic E-state index is 0. The zero-order valence-corrected chi connectivity index (χ0v) is 13.7. The predicted molar refractivity (Wildman–Crippen MR) is 63.7 cm³/mol. The van der Waals surface area contributed by atoms with Crippen molar-refractivity contribution >= 4 is 5.57 Å². The Morgan fingerprint density at radius 1 is 1.12 bits per heavy atom. The van der Waals surface area contributed by atoms with E-state index < -0.39 is 0 Å². The number of hydrogen-bond acceptors (Lipinski definition) is 0. The molecule has 0 spiro atoms. The Balaban J connectivity index is 0.000000963. The zero-order chi connectivity index (χ0) is 10.4. The molecule has 0 radical (unpaired) electrons. The van der Waals surface area contributed by atoms with Crippen LogP contribution in [0, 0.1) is 12.0 Å².